The number of hydrogen-bond acceptors (Lipinski definition) is 1. The molecule has 0 bridgehead atoms. The Morgan fingerprint density at radius 2 is 1.26 bits per heavy atom. The van der Waals surface area contributed by atoms with E-state index in [0.29, 0.717) is 5.92 Å². The average molecular weight is 327 g/mol. The fourth-order valence-corrected chi connectivity index (χ4v) is 3.61. The van der Waals surface area contributed by atoms with Gasteiger partial charge in [0.05, 0.1) is 0 Å². The van der Waals surface area contributed by atoms with Crippen LogP contribution in [0.2, 0.25) is 18.1 Å². The molecule has 2 rings (SSSR count). The summed E-state index contributed by atoms with van der Waals surface area (Å²) >= 11 is 0. The number of benzene rings is 2. The molecule has 0 unspecified atom stereocenters. The van der Waals surface area contributed by atoms with Gasteiger partial charge in [-0.25, -0.2) is 0 Å². The Morgan fingerprint density at radius 1 is 0.826 bits per heavy atom. The van der Waals surface area contributed by atoms with Crippen molar-refractivity contribution in [2.24, 2.45) is 0 Å². The summed E-state index contributed by atoms with van der Waals surface area (Å²) in [5.74, 6) is 0.405. The van der Waals surface area contributed by atoms with Crippen LogP contribution in [0.3, 0.4) is 0 Å². The third-order valence-electron chi connectivity index (χ3n) is 5.08. The molecule has 2 heteroatoms. The monoisotopic (exact) mass is 326 g/mol. The van der Waals surface area contributed by atoms with Crippen molar-refractivity contribution >= 4 is 8.32 Å². The maximum Gasteiger partial charge on any atom is 0.191 e. The highest BCUT2D eigenvalue weighted by molar-refractivity contribution is 6.74. The highest BCUT2D eigenvalue weighted by Gasteiger charge is 2.37. The van der Waals surface area contributed by atoms with Crippen molar-refractivity contribution in [1.82, 2.24) is 0 Å². The molecular formula is C21H30OSi. The molecule has 2 aromatic carbocycles. The summed E-state index contributed by atoms with van der Waals surface area (Å²) in [6.45, 7) is 12.4. The molecule has 0 spiro atoms. The maximum absolute atomic E-state index is 6.41. The van der Waals surface area contributed by atoms with Crippen molar-refractivity contribution in [3.8, 4) is 0 Å². The van der Waals surface area contributed by atoms with E-state index < -0.39 is 8.32 Å². The molecule has 0 saturated heterocycles. The second kappa shape index (κ2) is 7.46. The summed E-state index contributed by atoms with van der Waals surface area (Å²) in [5, 5.41) is 0.266. The van der Waals surface area contributed by atoms with E-state index in [1.807, 2.05) is 0 Å². The van der Waals surface area contributed by atoms with Crippen molar-refractivity contribution in [3.63, 3.8) is 0 Å². The molecular weight excluding hydrogens is 296 g/mol. The molecule has 1 nitrogen and oxygen atoms in total. The van der Waals surface area contributed by atoms with E-state index in [9.17, 15) is 0 Å². The maximum atomic E-state index is 6.41. The van der Waals surface area contributed by atoms with Crippen LogP contribution in [-0.2, 0) is 4.43 Å². The van der Waals surface area contributed by atoms with Crippen molar-refractivity contribution < 1.29 is 4.43 Å². The summed E-state index contributed by atoms with van der Waals surface area (Å²) in [7, 11) is -1.67. The van der Waals surface area contributed by atoms with E-state index in [0.717, 1.165) is 13.0 Å². The Bertz CT molecular complexity index is 545. The molecule has 23 heavy (non-hydrogen) atoms. The van der Waals surface area contributed by atoms with Gasteiger partial charge in [0.15, 0.2) is 8.32 Å². The first kappa shape index (κ1) is 18.0. The van der Waals surface area contributed by atoms with Crippen LogP contribution in [0.5, 0.6) is 0 Å². The molecule has 124 valence electrons. The van der Waals surface area contributed by atoms with Gasteiger partial charge in [-0.1, -0.05) is 81.4 Å². The van der Waals surface area contributed by atoms with E-state index in [4.69, 9.17) is 4.43 Å². The zero-order chi connectivity index (χ0) is 16.9. The third kappa shape index (κ3) is 4.79. The van der Waals surface area contributed by atoms with Gasteiger partial charge >= 0.3 is 0 Å². The van der Waals surface area contributed by atoms with Crippen LogP contribution in [0.15, 0.2) is 60.7 Å². The van der Waals surface area contributed by atoms with Gasteiger partial charge in [0, 0.05) is 12.5 Å². The zero-order valence-corrected chi connectivity index (χ0v) is 16.2. The summed E-state index contributed by atoms with van der Waals surface area (Å²) < 4.78 is 6.41. The normalized spacial score (nSPS) is 12.6. The predicted molar refractivity (Wildman–Crippen MR) is 102 cm³/mol. The molecule has 0 atom stereocenters. The van der Waals surface area contributed by atoms with Crippen LogP contribution < -0.4 is 0 Å². The van der Waals surface area contributed by atoms with Crippen molar-refractivity contribution in [3.05, 3.63) is 71.8 Å². The summed E-state index contributed by atoms with van der Waals surface area (Å²) in [6, 6.07) is 21.6. The quantitative estimate of drug-likeness (QED) is 0.572. The number of rotatable bonds is 6. The Kier molecular flexibility index (Phi) is 5.82. The molecule has 0 aromatic heterocycles. The molecule has 0 amide bonds. The van der Waals surface area contributed by atoms with Gasteiger partial charge < -0.3 is 4.43 Å². The third-order valence-corrected chi connectivity index (χ3v) is 9.62. The standard InChI is InChI=1S/C21H30OSi/c1-21(2,3)23(4,5)22-17-16-20(18-12-8-6-9-13-18)19-14-10-7-11-15-19/h6-15,20H,16-17H2,1-5H3. The van der Waals surface area contributed by atoms with Crippen molar-refractivity contribution in [2.45, 2.75) is 51.2 Å². The van der Waals surface area contributed by atoms with E-state index in [1.165, 1.54) is 11.1 Å². The highest BCUT2D eigenvalue weighted by Crippen LogP contribution is 2.37. The molecule has 0 N–H and O–H groups in total. The van der Waals surface area contributed by atoms with Gasteiger partial charge in [0.25, 0.3) is 0 Å². The Balaban J connectivity index is 2.11. The summed E-state index contributed by atoms with van der Waals surface area (Å²) in [5.41, 5.74) is 2.75. The van der Waals surface area contributed by atoms with Crippen LogP contribution in [-0.4, -0.2) is 14.9 Å². The lowest BCUT2D eigenvalue weighted by atomic mass is 9.89. The molecule has 0 fully saturated rings. The zero-order valence-electron chi connectivity index (χ0n) is 15.2. The van der Waals surface area contributed by atoms with E-state index in [1.54, 1.807) is 0 Å². The van der Waals surface area contributed by atoms with Crippen LogP contribution in [0, 0.1) is 0 Å². The van der Waals surface area contributed by atoms with Gasteiger partial charge in [0.1, 0.15) is 0 Å². The van der Waals surface area contributed by atoms with Gasteiger partial charge in [0.2, 0.25) is 0 Å². The van der Waals surface area contributed by atoms with Gasteiger partial charge in [-0.15, -0.1) is 0 Å². The minimum atomic E-state index is -1.67. The topological polar surface area (TPSA) is 9.23 Å². The minimum absolute atomic E-state index is 0.266. The van der Waals surface area contributed by atoms with E-state index >= 15 is 0 Å². The van der Waals surface area contributed by atoms with Crippen LogP contribution in [0.4, 0.5) is 0 Å². The Labute approximate surface area is 142 Å². The van der Waals surface area contributed by atoms with Crippen LogP contribution in [0.25, 0.3) is 0 Å². The largest absolute Gasteiger partial charge is 0.417 e. The fourth-order valence-electron chi connectivity index (χ4n) is 2.54. The van der Waals surface area contributed by atoms with Gasteiger partial charge in [-0.3, -0.25) is 0 Å². The molecule has 2 aromatic rings. The van der Waals surface area contributed by atoms with Crippen molar-refractivity contribution in [1.29, 1.82) is 0 Å². The van der Waals surface area contributed by atoms with Crippen LogP contribution in [0.1, 0.15) is 44.2 Å². The lowest BCUT2D eigenvalue weighted by Gasteiger charge is -2.36. The fraction of sp³-hybridized carbons (Fsp3) is 0.429. The van der Waals surface area contributed by atoms with E-state index in [2.05, 4.69) is 94.5 Å². The first-order valence-electron chi connectivity index (χ1n) is 8.55. The molecule has 0 saturated carbocycles. The molecule has 0 radical (unpaired) electrons. The molecule has 0 aliphatic rings. The predicted octanol–water partition coefficient (Wildman–Crippen LogP) is 6.23. The SMILES string of the molecule is CC(C)(C)[Si](C)(C)OCCC(c1ccccc1)c1ccccc1. The summed E-state index contributed by atoms with van der Waals surface area (Å²) in [6.07, 6.45) is 1.03. The molecule has 0 aliphatic heterocycles. The molecule has 0 aliphatic carbocycles. The second-order valence-electron chi connectivity index (χ2n) is 7.77. The smallest absolute Gasteiger partial charge is 0.191 e. The summed E-state index contributed by atoms with van der Waals surface area (Å²) in [4.78, 5) is 0. The minimum Gasteiger partial charge on any atom is -0.417 e. The van der Waals surface area contributed by atoms with Crippen molar-refractivity contribution in [2.75, 3.05) is 6.61 Å². The Hall–Kier alpha value is -1.38. The lowest BCUT2D eigenvalue weighted by Crippen LogP contribution is -2.41. The van der Waals surface area contributed by atoms with Crippen LogP contribution >= 0.6 is 0 Å². The lowest BCUT2D eigenvalue weighted by molar-refractivity contribution is 0.276. The molecule has 0 heterocycles. The van der Waals surface area contributed by atoms with Gasteiger partial charge in [-0.05, 0) is 35.7 Å². The first-order valence-corrected chi connectivity index (χ1v) is 11.5. The second-order valence-corrected chi connectivity index (χ2v) is 12.6. The number of hydrogen-bond donors (Lipinski definition) is 0. The highest BCUT2D eigenvalue weighted by atomic mass is 28.4. The Morgan fingerprint density at radius 3 is 1.65 bits per heavy atom. The van der Waals surface area contributed by atoms with E-state index in [-0.39, 0.29) is 5.04 Å². The first-order chi connectivity index (χ1) is 10.8. The van der Waals surface area contributed by atoms with Gasteiger partial charge in [-0.2, -0.15) is 0 Å². The average Bonchev–Trinajstić information content (AvgIpc) is 2.52.